The smallest absolute Gasteiger partial charge is 0.211 e. The highest BCUT2D eigenvalue weighted by molar-refractivity contribution is 7.89. The number of hydrogen-bond acceptors (Lipinski definition) is 3. The second-order valence-corrected chi connectivity index (χ2v) is 7.43. The lowest BCUT2D eigenvalue weighted by molar-refractivity contribution is 0.449. The van der Waals surface area contributed by atoms with Crippen LogP contribution in [-0.4, -0.2) is 15.0 Å². The molecule has 1 aromatic carbocycles. The molecule has 108 valence electrons. The maximum absolute atomic E-state index is 12.3. The molecular weight excluding hydrogens is 272 g/mol. The zero-order chi connectivity index (χ0) is 14.8. The molecule has 5 heteroatoms. The monoisotopic (exact) mass is 292 g/mol. The maximum Gasteiger partial charge on any atom is 0.240 e. The molecule has 0 bridgehead atoms. The number of rotatable bonds is 6. The number of sulfonamides is 1. The lowest BCUT2D eigenvalue weighted by atomic mass is 10.0. The Bertz CT molecular complexity index is 640. The van der Waals surface area contributed by atoms with E-state index in [2.05, 4.69) is 11.6 Å². The van der Waals surface area contributed by atoms with Crippen LogP contribution in [0, 0.1) is 23.7 Å². The van der Waals surface area contributed by atoms with Gasteiger partial charge in [0.2, 0.25) is 10.0 Å². The van der Waals surface area contributed by atoms with E-state index in [-0.39, 0.29) is 10.3 Å². The molecule has 1 aliphatic rings. The molecule has 4 nitrogen and oxygen atoms in total. The highest BCUT2D eigenvalue weighted by Crippen LogP contribution is 2.49. The molecule has 1 N–H and O–H groups in total. The Morgan fingerprint density at radius 1 is 1.40 bits per heavy atom. The van der Waals surface area contributed by atoms with Gasteiger partial charge >= 0.3 is 0 Å². The first-order valence-electron chi connectivity index (χ1n) is 6.93. The number of nitrogens with one attached hydrogen (secondary N) is 1. The van der Waals surface area contributed by atoms with E-state index in [1.807, 2.05) is 6.07 Å². The summed E-state index contributed by atoms with van der Waals surface area (Å²) < 4.78 is 27.3. The Balaban J connectivity index is 2.11. The van der Waals surface area contributed by atoms with Gasteiger partial charge in [-0.1, -0.05) is 13.3 Å². The number of nitriles is 1. The highest BCUT2D eigenvalue weighted by atomic mass is 32.2. The Hall–Kier alpha value is -1.38. The zero-order valence-corrected chi connectivity index (χ0v) is 12.8. The molecule has 0 aliphatic heterocycles. The lowest BCUT2D eigenvalue weighted by Gasteiger charge is -2.15. The van der Waals surface area contributed by atoms with E-state index in [1.54, 1.807) is 19.1 Å². The highest BCUT2D eigenvalue weighted by Gasteiger charge is 2.42. The summed E-state index contributed by atoms with van der Waals surface area (Å²) in [5, 5.41) is 8.87. The summed E-state index contributed by atoms with van der Waals surface area (Å²) >= 11 is 0. The van der Waals surface area contributed by atoms with Gasteiger partial charge in [0, 0.05) is 6.54 Å². The van der Waals surface area contributed by atoms with Crippen molar-refractivity contribution in [2.24, 2.45) is 5.41 Å². The first-order chi connectivity index (χ1) is 9.42. The van der Waals surface area contributed by atoms with E-state index in [4.69, 9.17) is 5.26 Å². The third-order valence-corrected chi connectivity index (χ3v) is 5.40. The second-order valence-electron chi connectivity index (χ2n) is 5.66. The van der Waals surface area contributed by atoms with E-state index in [1.165, 1.54) is 6.07 Å². The quantitative estimate of drug-likeness (QED) is 0.876. The van der Waals surface area contributed by atoms with Crippen LogP contribution in [0.15, 0.2) is 23.1 Å². The lowest BCUT2D eigenvalue weighted by Crippen LogP contribution is -2.30. The molecule has 0 spiro atoms. The van der Waals surface area contributed by atoms with Crippen LogP contribution < -0.4 is 4.72 Å². The van der Waals surface area contributed by atoms with E-state index in [9.17, 15) is 8.42 Å². The van der Waals surface area contributed by atoms with Crippen LogP contribution in [0.25, 0.3) is 0 Å². The van der Waals surface area contributed by atoms with Crippen LogP contribution in [0.2, 0.25) is 0 Å². The number of aryl methyl sites for hydroxylation is 1. The molecule has 0 atom stereocenters. The Kier molecular flexibility index (Phi) is 4.17. The van der Waals surface area contributed by atoms with Gasteiger partial charge in [-0.3, -0.25) is 0 Å². The van der Waals surface area contributed by atoms with Crippen LogP contribution in [-0.2, 0) is 10.0 Å². The molecule has 1 fully saturated rings. The van der Waals surface area contributed by atoms with Crippen molar-refractivity contribution in [2.75, 3.05) is 6.54 Å². The van der Waals surface area contributed by atoms with Crippen molar-refractivity contribution in [3.8, 4) is 6.07 Å². The van der Waals surface area contributed by atoms with Crippen molar-refractivity contribution in [3.05, 3.63) is 29.3 Å². The standard InChI is InChI=1S/C15H20N2O2S/c1-3-6-15(7-8-15)11-17-20(18,19)14-5-4-13(10-16)12(2)9-14/h4-5,9,17H,3,6-8,11H2,1-2H3. The van der Waals surface area contributed by atoms with Gasteiger partial charge in [-0.05, 0) is 55.4 Å². The molecule has 2 rings (SSSR count). The summed E-state index contributed by atoms with van der Waals surface area (Å²) in [5.41, 5.74) is 1.38. The van der Waals surface area contributed by atoms with Crippen molar-refractivity contribution in [3.63, 3.8) is 0 Å². The first kappa shape index (κ1) is 15.0. The maximum atomic E-state index is 12.3. The second kappa shape index (κ2) is 5.55. The molecule has 0 unspecified atom stereocenters. The normalized spacial score (nSPS) is 16.6. The van der Waals surface area contributed by atoms with Crippen molar-refractivity contribution in [2.45, 2.75) is 44.4 Å². The third kappa shape index (κ3) is 3.20. The minimum atomic E-state index is -3.48. The predicted octanol–water partition coefficient (Wildman–Crippen LogP) is 2.73. The fraction of sp³-hybridized carbons (Fsp3) is 0.533. The Morgan fingerprint density at radius 2 is 2.10 bits per heavy atom. The predicted molar refractivity (Wildman–Crippen MR) is 77.7 cm³/mol. The zero-order valence-electron chi connectivity index (χ0n) is 11.9. The van der Waals surface area contributed by atoms with Crippen LogP contribution in [0.3, 0.4) is 0 Å². The topological polar surface area (TPSA) is 70.0 Å². The van der Waals surface area contributed by atoms with Crippen LogP contribution >= 0.6 is 0 Å². The SMILES string of the molecule is CCCC1(CNS(=O)(=O)c2ccc(C#N)c(C)c2)CC1. The number of nitrogens with zero attached hydrogens (tertiary/aromatic N) is 1. The fourth-order valence-corrected chi connectivity index (χ4v) is 3.72. The van der Waals surface area contributed by atoms with Crippen LogP contribution in [0.1, 0.15) is 43.7 Å². The van der Waals surface area contributed by atoms with E-state index in [0.717, 1.165) is 25.7 Å². The summed E-state index contributed by atoms with van der Waals surface area (Å²) in [5.74, 6) is 0. The van der Waals surface area contributed by atoms with Gasteiger partial charge in [0.15, 0.2) is 0 Å². The summed E-state index contributed by atoms with van der Waals surface area (Å²) in [4.78, 5) is 0.237. The molecule has 0 heterocycles. The van der Waals surface area contributed by atoms with Crippen molar-refractivity contribution in [1.29, 1.82) is 5.26 Å². The summed E-state index contributed by atoms with van der Waals surface area (Å²) in [6.45, 7) is 4.39. The van der Waals surface area contributed by atoms with Crippen LogP contribution in [0.5, 0.6) is 0 Å². The molecule has 20 heavy (non-hydrogen) atoms. The molecule has 1 aliphatic carbocycles. The first-order valence-corrected chi connectivity index (χ1v) is 8.41. The van der Waals surface area contributed by atoms with Crippen molar-refractivity contribution >= 4 is 10.0 Å². The molecule has 0 radical (unpaired) electrons. The van der Waals surface area contributed by atoms with Crippen LogP contribution in [0.4, 0.5) is 0 Å². The van der Waals surface area contributed by atoms with Gasteiger partial charge in [-0.2, -0.15) is 5.26 Å². The Morgan fingerprint density at radius 3 is 2.60 bits per heavy atom. The minimum Gasteiger partial charge on any atom is -0.211 e. The minimum absolute atomic E-state index is 0.184. The van der Waals surface area contributed by atoms with E-state index < -0.39 is 10.0 Å². The Labute approximate surface area is 120 Å². The third-order valence-electron chi connectivity index (χ3n) is 4.00. The molecule has 0 aromatic heterocycles. The van der Waals surface area contributed by atoms with Gasteiger partial charge in [0.05, 0.1) is 16.5 Å². The van der Waals surface area contributed by atoms with E-state index >= 15 is 0 Å². The van der Waals surface area contributed by atoms with Crippen molar-refractivity contribution in [1.82, 2.24) is 4.72 Å². The summed E-state index contributed by atoms with van der Waals surface area (Å²) in [6, 6.07) is 6.65. The molecule has 0 amide bonds. The fourth-order valence-electron chi connectivity index (χ4n) is 2.48. The van der Waals surface area contributed by atoms with E-state index in [0.29, 0.717) is 17.7 Å². The molecular formula is C15H20N2O2S. The number of benzene rings is 1. The average Bonchev–Trinajstić information content (AvgIpc) is 3.17. The van der Waals surface area contributed by atoms with Crippen molar-refractivity contribution < 1.29 is 8.42 Å². The molecule has 0 saturated heterocycles. The molecule has 1 aromatic rings. The van der Waals surface area contributed by atoms with Gasteiger partial charge < -0.3 is 0 Å². The average molecular weight is 292 g/mol. The summed E-state index contributed by atoms with van der Waals surface area (Å²) in [6.07, 6.45) is 4.37. The van der Waals surface area contributed by atoms with Gasteiger partial charge in [0.1, 0.15) is 0 Å². The largest absolute Gasteiger partial charge is 0.240 e. The van der Waals surface area contributed by atoms with Gasteiger partial charge in [0.25, 0.3) is 0 Å². The summed E-state index contributed by atoms with van der Waals surface area (Å²) in [7, 11) is -3.48. The number of hydrogen-bond donors (Lipinski definition) is 1. The van der Waals surface area contributed by atoms with Gasteiger partial charge in [-0.15, -0.1) is 0 Å². The van der Waals surface area contributed by atoms with Gasteiger partial charge in [-0.25, -0.2) is 13.1 Å². The molecule has 1 saturated carbocycles.